The summed E-state index contributed by atoms with van der Waals surface area (Å²) in [6.07, 6.45) is 2.13. The van der Waals surface area contributed by atoms with Crippen LogP contribution >= 0.6 is 0 Å². The molecule has 0 saturated heterocycles. The first-order chi connectivity index (χ1) is 7.63. The zero-order valence-electron chi connectivity index (χ0n) is 9.29. The molecule has 0 unspecified atom stereocenters. The average Bonchev–Trinajstić information content (AvgIpc) is 2.24. The molecule has 0 aliphatic heterocycles. The van der Waals surface area contributed by atoms with Gasteiger partial charge < -0.3 is 10.4 Å². The van der Waals surface area contributed by atoms with E-state index in [1.54, 1.807) is 0 Å². The highest BCUT2D eigenvalue weighted by Crippen LogP contribution is 2.16. The maximum absolute atomic E-state index is 12.7. The van der Waals surface area contributed by atoms with Crippen LogP contribution in [-0.4, -0.2) is 17.6 Å². The van der Waals surface area contributed by atoms with Crippen molar-refractivity contribution < 1.29 is 14.3 Å². The molecule has 1 aromatic rings. The predicted molar refractivity (Wildman–Crippen MR) is 59.7 cm³/mol. The Morgan fingerprint density at radius 1 is 1.50 bits per heavy atom. The summed E-state index contributed by atoms with van der Waals surface area (Å²) in [5.74, 6) is -1.20. The second-order valence-electron chi connectivity index (χ2n) is 3.67. The predicted octanol–water partition coefficient (Wildman–Crippen LogP) is 1.99. The molecule has 0 aromatic heterocycles. The van der Waals surface area contributed by atoms with Crippen LogP contribution in [0.2, 0.25) is 0 Å². The van der Waals surface area contributed by atoms with E-state index >= 15 is 0 Å². The Morgan fingerprint density at radius 2 is 2.25 bits per heavy atom. The van der Waals surface area contributed by atoms with Crippen molar-refractivity contribution in [3.63, 3.8) is 0 Å². The minimum Gasteiger partial charge on any atom is -0.505 e. The number of carbonyl (C=O) groups excluding carboxylic acids is 1. The summed E-state index contributed by atoms with van der Waals surface area (Å²) in [6.45, 7) is 2.70. The van der Waals surface area contributed by atoms with Gasteiger partial charge in [0.25, 0.3) is 0 Å². The Labute approximate surface area is 94.3 Å². The smallest absolute Gasteiger partial charge is 0.224 e. The van der Waals surface area contributed by atoms with Crippen LogP contribution in [0.5, 0.6) is 5.75 Å². The summed E-state index contributed by atoms with van der Waals surface area (Å²) >= 11 is 0. The van der Waals surface area contributed by atoms with E-state index in [0.29, 0.717) is 12.1 Å². The number of phenolic OH excluding ortho intramolecular Hbond substituents is 1. The first-order valence-electron chi connectivity index (χ1n) is 5.37. The first-order valence-corrected chi connectivity index (χ1v) is 5.37. The second-order valence-corrected chi connectivity index (χ2v) is 3.67. The van der Waals surface area contributed by atoms with Crippen molar-refractivity contribution in [1.29, 1.82) is 0 Å². The van der Waals surface area contributed by atoms with Crippen molar-refractivity contribution in [1.82, 2.24) is 5.32 Å². The number of carbonyl (C=O) groups is 1. The molecular formula is C12H16FNO2. The summed E-state index contributed by atoms with van der Waals surface area (Å²) in [6, 6.07) is 3.92. The van der Waals surface area contributed by atoms with Gasteiger partial charge in [0.2, 0.25) is 5.91 Å². The molecule has 0 aliphatic rings. The number of hydrogen-bond donors (Lipinski definition) is 2. The lowest BCUT2D eigenvalue weighted by molar-refractivity contribution is -0.120. The van der Waals surface area contributed by atoms with Crippen LogP contribution in [0.1, 0.15) is 25.3 Å². The number of aromatic hydroxyl groups is 1. The number of nitrogens with one attached hydrogen (secondary N) is 1. The van der Waals surface area contributed by atoms with Gasteiger partial charge in [0.05, 0.1) is 6.42 Å². The third kappa shape index (κ3) is 3.88. The van der Waals surface area contributed by atoms with Gasteiger partial charge >= 0.3 is 0 Å². The maximum atomic E-state index is 12.7. The van der Waals surface area contributed by atoms with Crippen LogP contribution < -0.4 is 5.32 Å². The molecule has 0 atom stereocenters. The van der Waals surface area contributed by atoms with E-state index in [1.807, 2.05) is 6.92 Å². The van der Waals surface area contributed by atoms with Crippen molar-refractivity contribution in [2.45, 2.75) is 26.2 Å². The van der Waals surface area contributed by atoms with E-state index in [-0.39, 0.29) is 12.3 Å². The summed E-state index contributed by atoms with van der Waals surface area (Å²) in [4.78, 5) is 11.4. The Kier molecular flexibility index (Phi) is 4.76. The fourth-order valence-electron chi connectivity index (χ4n) is 1.32. The number of phenols is 1. The Bertz CT molecular complexity index is 366. The number of rotatable bonds is 5. The highest BCUT2D eigenvalue weighted by atomic mass is 19.1. The first kappa shape index (κ1) is 12.5. The van der Waals surface area contributed by atoms with E-state index in [1.165, 1.54) is 12.1 Å². The van der Waals surface area contributed by atoms with Crippen LogP contribution in [-0.2, 0) is 11.2 Å². The topological polar surface area (TPSA) is 49.3 Å². The van der Waals surface area contributed by atoms with Gasteiger partial charge in [-0.15, -0.1) is 0 Å². The number of benzene rings is 1. The van der Waals surface area contributed by atoms with E-state index in [4.69, 9.17) is 5.11 Å². The SMILES string of the molecule is CCCCNC(=O)Cc1ccc(F)c(O)c1. The maximum Gasteiger partial charge on any atom is 0.224 e. The van der Waals surface area contributed by atoms with Crippen molar-refractivity contribution >= 4 is 5.91 Å². The highest BCUT2D eigenvalue weighted by molar-refractivity contribution is 5.78. The van der Waals surface area contributed by atoms with Gasteiger partial charge in [-0.1, -0.05) is 19.4 Å². The minimum absolute atomic E-state index is 0.112. The molecule has 1 rings (SSSR count). The molecule has 0 bridgehead atoms. The van der Waals surface area contributed by atoms with Crippen molar-refractivity contribution in [3.05, 3.63) is 29.6 Å². The summed E-state index contributed by atoms with van der Waals surface area (Å²) in [7, 11) is 0. The van der Waals surface area contributed by atoms with Crippen LogP contribution in [0, 0.1) is 5.82 Å². The standard InChI is InChI=1S/C12H16FNO2/c1-2-3-6-14-12(16)8-9-4-5-10(13)11(15)7-9/h4-5,7,15H,2-3,6,8H2,1H3,(H,14,16). The lowest BCUT2D eigenvalue weighted by Crippen LogP contribution is -2.25. The molecule has 0 fully saturated rings. The van der Waals surface area contributed by atoms with Gasteiger partial charge in [0.1, 0.15) is 0 Å². The van der Waals surface area contributed by atoms with Crippen molar-refractivity contribution in [2.75, 3.05) is 6.54 Å². The molecule has 4 heteroatoms. The Morgan fingerprint density at radius 3 is 2.88 bits per heavy atom. The summed E-state index contributed by atoms with van der Waals surface area (Å²) < 4.78 is 12.7. The molecule has 0 spiro atoms. The molecule has 0 radical (unpaired) electrons. The molecule has 0 aliphatic carbocycles. The fraction of sp³-hybridized carbons (Fsp3) is 0.417. The zero-order chi connectivity index (χ0) is 12.0. The van der Waals surface area contributed by atoms with Crippen LogP contribution in [0.3, 0.4) is 0 Å². The van der Waals surface area contributed by atoms with Gasteiger partial charge in [-0.05, 0) is 24.1 Å². The minimum atomic E-state index is -0.671. The third-order valence-electron chi connectivity index (χ3n) is 2.23. The Balaban J connectivity index is 2.46. The van der Waals surface area contributed by atoms with Gasteiger partial charge in [-0.2, -0.15) is 0 Å². The monoisotopic (exact) mass is 225 g/mol. The lowest BCUT2D eigenvalue weighted by Gasteiger charge is -2.05. The number of halogens is 1. The fourth-order valence-corrected chi connectivity index (χ4v) is 1.32. The molecule has 2 N–H and O–H groups in total. The lowest BCUT2D eigenvalue weighted by atomic mass is 10.1. The molecule has 16 heavy (non-hydrogen) atoms. The average molecular weight is 225 g/mol. The van der Waals surface area contributed by atoms with Crippen LogP contribution in [0.4, 0.5) is 4.39 Å². The van der Waals surface area contributed by atoms with Crippen molar-refractivity contribution in [3.8, 4) is 5.75 Å². The number of amides is 1. The summed E-state index contributed by atoms with van der Waals surface area (Å²) in [5.41, 5.74) is 0.605. The van der Waals surface area contributed by atoms with Crippen LogP contribution in [0.15, 0.2) is 18.2 Å². The molecule has 1 amide bonds. The van der Waals surface area contributed by atoms with E-state index < -0.39 is 11.6 Å². The molecule has 88 valence electrons. The van der Waals surface area contributed by atoms with E-state index in [0.717, 1.165) is 18.9 Å². The normalized spacial score (nSPS) is 10.1. The van der Waals surface area contributed by atoms with Crippen LogP contribution in [0.25, 0.3) is 0 Å². The molecule has 0 saturated carbocycles. The number of unbranched alkanes of at least 4 members (excludes halogenated alkanes) is 1. The highest BCUT2D eigenvalue weighted by Gasteiger charge is 2.05. The van der Waals surface area contributed by atoms with Gasteiger partial charge in [0, 0.05) is 6.54 Å². The van der Waals surface area contributed by atoms with Crippen molar-refractivity contribution in [2.24, 2.45) is 0 Å². The summed E-state index contributed by atoms with van der Waals surface area (Å²) in [5, 5.41) is 11.9. The van der Waals surface area contributed by atoms with Gasteiger partial charge in [-0.25, -0.2) is 4.39 Å². The molecule has 3 nitrogen and oxygen atoms in total. The van der Waals surface area contributed by atoms with Gasteiger partial charge in [0.15, 0.2) is 11.6 Å². The number of hydrogen-bond acceptors (Lipinski definition) is 2. The molecule has 1 aromatic carbocycles. The Hall–Kier alpha value is -1.58. The third-order valence-corrected chi connectivity index (χ3v) is 2.23. The second kappa shape index (κ2) is 6.10. The van der Waals surface area contributed by atoms with E-state index in [2.05, 4.69) is 5.32 Å². The zero-order valence-corrected chi connectivity index (χ0v) is 9.29. The molecular weight excluding hydrogens is 209 g/mol. The quantitative estimate of drug-likeness (QED) is 0.753. The van der Waals surface area contributed by atoms with Gasteiger partial charge in [-0.3, -0.25) is 4.79 Å². The van der Waals surface area contributed by atoms with E-state index in [9.17, 15) is 9.18 Å². The largest absolute Gasteiger partial charge is 0.505 e. The molecule has 0 heterocycles.